The van der Waals surface area contributed by atoms with Gasteiger partial charge in [-0.1, -0.05) is 168 Å². The number of hydrogen-bond acceptors (Lipinski definition) is 18. The average Bonchev–Trinajstić information content (AvgIpc) is 2.45. The normalized spacial score (nSPS) is 19.2. The molecule has 25 nitrogen and oxygen atoms in total. The molecule has 0 aromatic rings. The number of ether oxygens (including phenoxy) is 4. The Hall–Kier alpha value is -4.33. The number of esters is 2. The van der Waals surface area contributed by atoms with Crippen LogP contribution in [0, 0.1) is 0 Å². The van der Waals surface area contributed by atoms with Gasteiger partial charge in [0.05, 0.1) is 19.8 Å². The molecule has 1 fully saturated rings. The predicted octanol–water partition coefficient (Wildman–Crippen LogP) is 5.76. The highest BCUT2D eigenvalue weighted by Crippen LogP contribution is 2.43. The highest BCUT2D eigenvalue weighted by atomic mass is 31.2. The van der Waals surface area contributed by atoms with Crippen molar-refractivity contribution >= 4 is 55.2 Å². The maximum absolute atomic E-state index is 13.0. The number of carbonyl (C=O) groups is 8. The molecule has 0 bridgehead atoms. The summed E-state index contributed by atoms with van der Waals surface area (Å²) in [6.07, 6.45) is 20.8. The van der Waals surface area contributed by atoms with Gasteiger partial charge in [0.1, 0.15) is 55.2 Å². The molecule has 1 aliphatic rings. The van der Waals surface area contributed by atoms with Crippen LogP contribution in [-0.2, 0) is 70.9 Å². The zero-order valence-electron chi connectivity index (χ0n) is 52.0. The van der Waals surface area contributed by atoms with E-state index in [1.165, 1.54) is 130 Å². The first-order chi connectivity index (χ1) is 40.5. The van der Waals surface area contributed by atoms with E-state index in [0.29, 0.717) is 12.8 Å². The number of carbonyl (C=O) groups excluding carboxylic acids is 8. The van der Waals surface area contributed by atoms with E-state index < -0.39 is 149 Å². The van der Waals surface area contributed by atoms with Gasteiger partial charge in [-0.05, 0) is 40.0 Å². The molecule has 11 atom stereocenters. The molecule has 1 saturated heterocycles. The number of rotatable bonds is 52. The molecular weight excluding hydrogens is 1130 g/mol. The number of aliphatic hydroxyl groups excluding tert-OH is 3. The van der Waals surface area contributed by atoms with Crippen LogP contribution in [0.4, 0.5) is 0 Å². The lowest BCUT2D eigenvalue weighted by atomic mass is 9.96. The van der Waals surface area contributed by atoms with Gasteiger partial charge >= 0.3 is 19.8 Å². The summed E-state index contributed by atoms with van der Waals surface area (Å²) in [5, 5.41) is 42.6. The lowest BCUT2D eigenvalue weighted by Crippen LogP contribution is -2.65. The van der Waals surface area contributed by atoms with Gasteiger partial charge in [-0.2, -0.15) is 0 Å². The fourth-order valence-corrected chi connectivity index (χ4v) is 10.2. The van der Waals surface area contributed by atoms with Gasteiger partial charge in [0.15, 0.2) is 12.4 Å². The van der Waals surface area contributed by atoms with Crippen molar-refractivity contribution in [1.82, 2.24) is 26.6 Å². The van der Waals surface area contributed by atoms with E-state index in [1.54, 1.807) is 0 Å². The van der Waals surface area contributed by atoms with Crippen LogP contribution >= 0.6 is 7.82 Å². The number of amides is 6. The number of nitrogens with one attached hydrogen (secondary N) is 5. The highest BCUT2D eigenvalue weighted by Gasteiger charge is 2.47. The third kappa shape index (κ3) is 38.5. The van der Waals surface area contributed by atoms with E-state index >= 15 is 0 Å². The number of nitrogens with two attached hydrogens (primary N) is 1. The topological polar surface area (TPSA) is 376 Å². The van der Waals surface area contributed by atoms with Crippen LogP contribution in [0.25, 0.3) is 0 Å². The molecule has 1 aliphatic heterocycles. The number of phosphoric acid groups is 1. The lowest BCUT2D eigenvalue weighted by molar-refractivity contribution is -0.266. The van der Waals surface area contributed by atoms with Crippen molar-refractivity contribution in [2.75, 3.05) is 33.0 Å². The molecule has 1 heterocycles. The van der Waals surface area contributed by atoms with Gasteiger partial charge < -0.3 is 71.5 Å². The minimum atomic E-state index is -4.80. The SMILES string of the molecule is CCCCCCCCCCCCCCCC(=O)OC[C@H](COP(=O)(O)OCCNC(=O)C(C)NC(=O)CCC(NC(=O)C(C)NC(=O)[C@@H](C)O[C@H]1C(O)[C@@H](CO)OC(O)[C@@H]1NC(C)=O)C(N)=O)OC(=O)CCCCCCCCCCCCCCC. The van der Waals surface area contributed by atoms with Crippen LogP contribution in [0.3, 0.4) is 0 Å². The molecule has 0 saturated carbocycles. The number of primary amides is 1. The molecule has 0 aromatic carbocycles. The molecule has 0 spiro atoms. The second-order valence-corrected chi connectivity index (χ2v) is 23.9. The molecule has 494 valence electrons. The van der Waals surface area contributed by atoms with Crippen molar-refractivity contribution in [3.05, 3.63) is 0 Å². The zero-order chi connectivity index (χ0) is 63.4. The third-order valence-electron chi connectivity index (χ3n) is 14.6. The van der Waals surface area contributed by atoms with E-state index in [-0.39, 0.29) is 25.8 Å². The van der Waals surface area contributed by atoms with E-state index in [9.17, 15) is 63.1 Å². The molecule has 11 N–H and O–H groups in total. The largest absolute Gasteiger partial charge is 0.472 e. The minimum Gasteiger partial charge on any atom is -0.462 e. The number of aliphatic hydroxyl groups is 3. The van der Waals surface area contributed by atoms with E-state index in [4.69, 9.17) is 33.7 Å². The summed E-state index contributed by atoms with van der Waals surface area (Å²) in [7, 11) is -4.80. The standard InChI is InChI=1S/C59H109N6O19P/c1-7-9-11-13-15-17-19-21-23-25-27-29-31-33-50(69)79-40-46(83-51(70)34-32-30-28-26-24-22-20-18-16-14-12-10-8-2)41-81-85(77,78)80-38-37-61-56(73)42(3)62-49(68)36-35-47(55(60)72)65-57(74)43(4)63-58(75)44(5)82-54-52(64-45(6)67)59(76)84-48(39-66)53(54)71/h42-44,46-48,52-54,59,66,71,76H,7-41H2,1-6H3,(H2,60,72)(H,61,73)(H,62,68)(H,63,75)(H,64,67)(H,65,74)(H,77,78)/t42?,43?,44-,46-,47?,48-,52-,53?,54-,59?/m1/s1. The predicted molar refractivity (Wildman–Crippen MR) is 318 cm³/mol. The summed E-state index contributed by atoms with van der Waals surface area (Å²) < 4.78 is 44.8. The first-order valence-electron chi connectivity index (χ1n) is 31.5. The summed E-state index contributed by atoms with van der Waals surface area (Å²) in [5.74, 6) is -5.88. The molecule has 6 unspecified atom stereocenters. The Morgan fingerprint density at radius 3 is 1.58 bits per heavy atom. The van der Waals surface area contributed by atoms with Gasteiger partial charge in [0.25, 0.3) is 0 Å². The smallest absolute Gasteiger partial charge is 0.462 e. The molecule has 0 aliphatic carbocycles. The number of unbranched alkanes of at least 4 members (excludes halogenated alkanes) is 24. The van der Waals surface area contributed by atoms with Gasteiger partial charge in [-0.25, -0.2) is 4.57 Å². The second kappa shape index (κ2) is 47.7. The molecule has 0 aromatic heterocycles. The van der Waals surface area contributed by atoms with Gasteiger partial charge in [0, 0.05) is 32.7 Å². The number of hydrogen-bond donors (Lipinski definition) is 10. The van der Waals surface area contributed by atoms with E-state index in [0.717, 1.165) is 51.9 Å². The monoisotopic (exact) mass is 1240 g/mol. The van der Waals surface area contributed by atoms with Crippen molar-refractivity contribution < 1.29 is 91.1 Å². The van der Waals surface area contributed by atoms with Crippen molar-refractivity contribution in [1.29, 1.82) is 0 Å². The fraction of sp³-hybridized carbons (Fsp3) is 0.864. The van der Waals surface area contributed by atoms with Gasteiger partial charge in [-0.15, -0.1) is 0 Å². The van der Waals surface area contributed by atoms with Crippen molar-refractivity contribution in [3.8, 4) is 0 Å². The van der Waals surface area contributed by atoms with E-state index in [2.05, 4.69) is 40.4 Å². The second-order valence-electron chi connectivity index (χ2n) is 22.4. The molecule has 26 heteroatoms. The van der Waals surface area contributed by atoms with Crippen LogP contribution in [0.1, 0.15) is 234 Å². The minimum absolute atomic E-state index is 0.110. The third-order valence-corrected chi connectivity index (χ3v) is 15.6. The van der Waals surface area contributed by atoms with Crippen LogP contribution in [0.5, 0.6) is 0 Å². The summed E-state index contributed by atoms with van der Waals surface area (Å²) in [6, 6.07) is -5.19. The van der Waals surface area contributed by atoms with Crippen molar-refractivity contribution in [3.63, 3.8) is 0 Å². The average molecular weight is 1240 g/mol. The molecule has 1 rings (SSSR count). The Kier molecular flexibility index (Phi) is 44.2. The van der Waals surface area contributed by atoms with Gasteiger partial charge in [0.2, 0.25) is 35.4 Å². The Morgan fingerprint density at radius 1 is 0.612 bits per heavy atom. The Labute approximate surface area is 505 Å². The fourth-order valence-electron chi connectivity index (χ4n) is 9.46. The van der Waals surface area contributed by atoms with Gasteiger partial charge in [-0.3, -0.25) is 47.4 Å². The summed E-state index contributed by atoms with van der Waals surface area (Å²) >= 11 is 0. The van der Waals surface area contributed by atoms with Crippen molar-refractivity contribution in [2.45, 2.75) is 295 Å². The molecule has 0 radical (unpaired) electrons. The first-order valence-corrected chi connectivity index (χ1v) is 33.0. The maximum Gasteiger partial charge on any atom is 0.472 e. The maximum atomic E-state index is 13.0. The Balaban J connectivity index is 2.62. The van der Waals surface area contributed by atoms with Crippen LogP contribution in [0.15, 0.2) is 0 Å². The molecule has 85 heavy (non-hydrogen) atoms. The number of phosphoric ester groups is 1. The Morgan fingerprint density at radius 2 is 1.09 bits per heavy atom. The quantitative estimate of drug-likeness (QED) is 0.0196. The first kappa shape index (κ1) is 78.7. The van der Waals surface area contributed by atoms with Crippen LogP contribution in [0.2, 0.25) is 0 Å². The van der Waals surface area contributed by atoms with Crippen LogP contribution < -0.4 is 32.3 Å². The van der Waals surface area contributed by atoms with Crippen molar-refractivity contribution in [2.24, 2.45) is 5.73 Å². The summed E-state index contributed by atoms with van der Waals surface area (Å²) in [6.45, 7) is 6.89. The lowest BCUT2D eigenvalue weighted by Gasteiger charge is -2.43. The van der Waals surface area contributed by atoms with Crippen LogP contribution in [-0.4, -0.2) is 162 Å². The summed E-state index contributed by atoms with van der Waals surface area (Å²) in [5.41, 5.74) is 5.49. The molecular formula is C59H109N6O19P. The highest BCUT2D eigenvalue weighted by molar-refractivity contribution is 7.47. The summed E-state index contributed by atoms with van der Waals surface area (Å²) in [4.78, 5) is 112. The van der Waals surface area contributed by atoms with E-state index in [1.807, 2.05) is 0 Å². The molecule has 6 amide bonds. The zero-order valence-corrected chi connectivity index (χ0v) is 52.9. The Bertz CT molecular complexity index is 1960.